The number of hydrogen-bond acceptors (Lipinski definition) is 7. The van der Waals surface area contributed by atoms with E-state index in [2.05, 4.69) is 30.5 Å². The number of alkyl halides is 2. The zero-order chi connectivity index (χ0) is 17.1. The van der Waals surface area contributed by atoms with Gasteiger partial charge in [-0.3, -0.25) is 0 Å². The molecule has 1 N–H and O–H groups in total. The van der Waals surface area contributed by atoms with Crippen molar-refractivity contribution >= 4 is 17.5 Å². The summed E-state index contributed by atoms with van der Waals surface area (Å²) in [5.74, 6) is -0.447. The molecule has 0 aliphatic rings. The smallest absolute Gasteiger partial charge is 0.314 e. The predicted octanol–water partition coefficient (Wildman–Crippen LogP) is 3.69. The Balaban J connectivity index is 1.70. The lowest BCUT2D eigenvalue weighted by molar-refractivity contribution is 0.116. The standard InChI is InChI=1S/C14H11ClF2N6O/c1-7(8-2-3-10(15)18-4-8)21-14-19-5-9(6-20-14)12-22-23-13(24-12)11(16)17/h2-7,11H,1H3,(H,19,20,21). The fourth-order valence-corrected chi connectivity index (χ4v) is 1.98. The molecule has 10 heteroatoms. The van der Waals surface area contributed by atoms with E-state index in [0.717, 1.165) is 5.56 Å². The molecule has 0 amide bonds. The summed E-state index contributed by atoms with van der Waals surface area (Å²) in [6.45, 7) is 1.91. The molecule has 3 aromatic heterocycles. The molecule has 0 bridgehead atoms. The van der Waals surface area contributed by atoms with Crippen molar-refractivity contribution in [2.75, 3.05) is 5.32 Å². The molecule has 1 unspecified atom stereocenters. The third-order valence-corrected chi connectivity index (χ3v) is 3.35. The van der Waals surface area contributed by atoms with Crippen LogP contribution in [0.4, 0.5) is 14.7 Å². The third kappa shape index (κ3) is 3.62. The van der Waals surface area contributed by atoms with Crippen molar-refractivity contribution in [3.8, 4) is 11.5 Å². The van der Waals surface area contributed by atoms with E-state index < -0.39 is 12.3 Å². The average Bonchev–Trinajstić information content (AvgIpc) is 3.06. The van der Waals surface area contributed by atoms with Gasteiger partial charge in [-0.1, -0.05) is 17.7 Å². The molecule has 0 fully saturated rings. The monoisotopic (exact) mass is 352 g/mol. The first kappa shape index (κ1) is 16.2. The zero-order valence-corrected chi connectivity index (χ0v) is 13.1. The first-order valence-electron chi connectivity index (χ1n) is 6.85. The molecular weight excluding hydrogens is 342 g/mol. The summed E-state index contributed by atoms with van der Waals surface area (Å²) in [6.07, 6.45) is 1.65. The molecule has 7 nitrogen and oxygen atoms in total. The van der Waals surface area contributed by atoms with Crippen LogP contribution in [0.2, 0.25) is 5.15 Å². The summed E-state index contributed by atoms with van der Waals surface area (Å²) in [4.78, 5) is 12.2. The van der Waals surface area contributed by atoms with Crippen molar-refractivity contribution in [1.29, 1.82) is 0 Å². The molecule has 0 spiro atoms. The van der Waals surface area contributed by atoms with Crippen LogP contribution < -0.4 is 5.32 Å². The number of nitrogens with one attached hydrogen (secondary N) is 1. The molecule has 3 rings (SSSR count). The summed E-state index contributed by atoms with van der Waals surface area (Å²) in [6, 6.07) is 3.43. The molecule has 0 aromatic carbocycles. The normalized spacial score (nSPS) is 12.4. The van der Waals surface area contributed by atoms with Crippen LogP contribution in [-0.2, 0) is 0 Å². The molecule has 0 aliphatic heterocycles. The Morgan fingerprint density at radius 2 is 1.83 bits per heavy atom. The summed E-state index contributed by atoms with van der Waals surface area (Å²) >= 11 is 5.75. The Morgan fingerprint density at radius 1 is 1.08 bits per heavy atom. The molecule has 24 heavy (non-hydrogen) atoms. The average molecular weight is 353 g/mol. The van der Waals surface area contributed by atoms with Crippen molar-refractivity contribution in [3.63, 3.8) is 0 Å². The van der Waals surface area contributed by atoms with E-state index in [4.69, 9.17) is 16.0 Å². The highest BCUT2D eigenvalue weighted by atomic mass is 35.5. The first-order valence-corrected chi connectivity index (χ1v) is 7.22. The van der Waals surface area contributed by atoms with Gasteiger partial charge < -0.3 is 9.73 Å². The van der Waals surface area contributed by atoms with Crippen molar-refractivity contribution in [2.45, 2.75) is 19.4 Å². The summed E-state index contributed by atoms with van der Waals surface area (Å²) < 4.78 is 29.7. The fourth-order valence-electron chi connectivity index (χ4n) is 1.87. The Morgan fingerprint density at radius 3 is 2.42 bits per heavy atom. The first-order chi connectivity index (χ1) is 11.5. The van der Waals surface area contributed by atoms with Gasteiger partial charge in [-0.15, -0.1) is 10.2 Å². The Hall–Kier alpha value is -2.68. The van der Waals surface area contributed by atoms with Crippen LogP contribution in [0, 0.1) is 0 Å². The van der Waals surface area contributed by atoms with Gasteiger partial charge in [0.25, 0.3) is 11.8 Å². The van der Waals surface area contributed by atoms with Crippen LogP contribution in [0.25, 0.3) is 11.5 Å². The van der Waals surface area contributed by atoms with Crippen LogP contribution >= 0.6 is 11.6 Å². The molecular formula is C14H11ClF2N6O. The van der Waals surface area contributed by atoms with Gasteiger partial charge in [-0.05, 0) is 18.6 Å². The highest BCUT2D eigenvalue weighted by molar-refractivity contribution is 6.29. The minimum Gasteiger partial charge on any atom is -0.415 e. The topological polar surface area (TPSA) is 89.6 Å². The number of anilines is 1. The molecule has 124 valence electrons. The van der Waals surface area contributed by atoms with Gasteiger partial charge in [0.2, 0.25) is 5.95 Å². The number of rotatable bonds is 5. The van der Waals surface area contributed by atoms with Gasteiger partial charge in [0.1, 0.15) is 5.15 Å². The predicted molar refractivity (Wildman–Crippen MR) is 81.6 cm³/mol. The van der Waals surface area contributed by atoms with Gasteiger partial charge in [-0.2, -0.15) is 8.78 Å². The van der Waals surface area contributed by atoms with Crippen LogP contribution in [0.1, 0.15) is 30.8 Å². The Kier molecular flexibility index (Phi) is 4.61. The number of aromatic nitrogens is 5. The molecule has 3 heterocycles. The zero-order valence-electron chi connectivity index (χ0n) is 12.3. The second-order valence-electron chi connectivity index (χ2n) is 4.82. The van der Waals surface area contributed by atoms with Gasteiger partial charge in [-0.25, -0.2) is 15.0 Å². The van der Waals surface area contributed by atoms with E-state index in [0.29, 0.717) is 16.7 Å². The van der Waals surface area contributed by atoms with E-state index in [-0.39, 0.29) is 11.9 Å². The van der Waals surface area contributed by atoms with Gasteiger partial charge >= 0.3 is 6.43 Å². The molecule has 0 saturated heterocycles. The number of nitrogens with zero attached hydrogens (tertiary/aromatic N) is 5. The molecule has 0 radical (unpaired) electrons. The minimum atomic E-state index is -2.82. The van der Waals surface area contributed by atoms with Crippen LogP contribution in [-0.4, -0.2) is 25.1 Å². The maximum atomic E-state index is 12.4. The number of pyridine rings is 1. The molecule has 0 aliphatic carbocycles. The number of halogens is 3. The quantitative estimate of drug-likeness (QED) is 0.700. The van der Waals surface area contributed by atoms with Gasteiger partial charge in [0.15, 0.2) is 0 Å². The lowest BCUT2D eigenvalue weighted by Gasteiger charge is -2.13. The lowest BCUT2D eigenvalue weighted by Crippen LogP contribution is -2.09. The maximum absolute atomic E-state index is 12.4. The summed E-state index contributed by atoms with van der Waals surface area (Å²) in [5, 5.41) is 10.3. The van der Waals surface area contributed by atoms with E-state index in [1.165, 1.54) is 12.4 Å². The molecule has 1 atom stereocenters. The van der Waals surface area contributed by atoms with Gasteiger partial charge in [0, 0.05) is 18.6 Å². The number of hydrogen-bond donors (Lipinski definition) is 1. The third-order valence-electron chi connectivity index (χ3n) is 3.12. The highest BCUT2D eigenvalue weighted by Crippen LogP contribution is 2.23. The summed E-state index contributed by atoms with van der Waals surface area (Å²) in [5.41, 5.74) is 1.26. The van der Waals surface area contributed by atoms with E-state index in [1.807, 2.05) is 13.0 Å². The van der Waals surface area contributed by atoms with Crippen molar-refractivity contribution in [1.82, 2.24) is 25.1 Å². The van der Waals surface area contributed by atoms with E-state index in [1.54, 1.807) is 12.3 Å². The van der Waals surface area contributed by atoms with Gasteiger partial charge in [0.05, 0.1) is 11.6 Å². The molecule has 3 aromatic rings. The SMILES string of the molecule is CC(Nc1ncc(-c2nnc(C(F)F)o2)cn1)c1ccc(Cl)nc1. The van der Waals surface area contributed by atoms with E-state index >= 15 is 0 Å². The van der Waals surface area contributed by atoms with Crippen molar-refractivity contribution < 1.29 is 13.2 Å². The Labute approximate surface area is 140 Å². The fraction of sp³-hybridized carbons (Fsp3) is 0.214. The van der Waals surface area contributed by atoms with Crippen LogP contribution in [0.5, 0.6) is 0 Å². The van der Waals surface area contributed by atoms with Crippen molar-refractivity contribution in [2.24, 2.45) is 0 Å². The highest BCUT2D eigenvalue weighted by Gasteiger charge is 2.17. The van der Waals surface area contributed by atoms with E-state index in [9.17, 15) is 8.78 Å². The Bertz CT molecular complexity index is 809. The largest absolute Gasteiger partial charge is 0.415 e. The maximum Gasteiger partial charge on any atom is 0.314 e. The summed E-state index contributed by atoms with van der Waals surface area (Å²) in [7, 11) is 0. The lowest BCUT2D eigenvalue weighted by atomic mass is 10.1. The van der Waals surface area contributed by atoms with Crippen molar-refractivity contribution in [3.05, 3.63) is 47.3 Å². The minimum absolute atomic E-state index is 0.0631. The van der Waals surface area contributed by atoms with Crippen LogP contribution in [0.3, 0.4) is 0 Å². The molecule has 0 saturated carbocycles. The second-order valence-corrected chi connectivity index (χ2v) is 5.21. The van der Waals surface area contributed by atoms with Crippen LogP contribution in [0.15, 0.2) is 35.1 Å². The second kappa shape index (κ2) is 6.83.